The standard InChI is InChI=1S/C18H23ClN4O/c19-14-5-2-12(3-6-14)1-4-13-11-21-18(20)23-17(13)22-15-7-9-16(24)10-8-15/h2-3,5-6,11,15-16,24H,1,4,7-10H2,(H3,20,21,22,23). The molecule has 24 heavy (non-hydrogen) atoms. The van der Waals surface area contributed by atoms with E-state index in [1.807, 2.05) is 24.3 Å². The van der Waals surface area contributed by atoms with E-state index in [4.69, 9.17) is 17.3 Å². The number of aromatic nitrogens is 2. The Morgan fingerprint density at radius 2 is 1.83 bits per heavy atom. The number of rotatable bonds is 5. The highest BCUT2D eigenvalue weighted by Gasteiger charge is 2.20. The molecular formula is C18H23ClN4O. The Balaban J connectivity index is 1.67. The summed E-state index contributed by atoms with van der Waals surface area (Å²) < 4.78 is 0. The first-order chi connectivity index (χ1) is 11.6. The number of halogens is 1. The summed E-state index contributed by atoms with van der Waals surface area (Å²) in [6.45, 7) is 0. The zero-order valence-electron chi connectivity index (χ0n) is 13.6. The summed E-state index contributed by atoms with van der Waals surface area (Å²) >= 11 is 5.93. The van der Waals surface area contributed by atoms with E-state index >= 15 is 0 Å². The lowest BCUT2D eigenvalue weighted by atomic mass is 9.93. The van der Waals surface area contributed by atoms with Gasteiger partial charge in [-0.05, 0) is 56.2 Å². The molecule has 0 saturated heterocycles. The fourth-order valence-corrected chi connectivity index (χ4v) is 3.20. The van der Waals surface area contributed by atoms with Crippen LogP contribution in [0.1, 0.15) is 36.8 Å². The van der Waals surface area contributed by atoms with Gasteiger partial charge >= 0.3 is 0 Å². The van der Waals surface area contributed by atoms with Crippen LogP contribution in [0.15, 0.2) is 30.5 Å². The fraction of sp³-hybridized carbons (Fsp3) is 0.444. The molecule has 0 unspecified atom stereocenters. The number of aliphatic hydroxyl groups excluding tert-OH is 1. The van der Waals surface area contributed by atoms with Gasteiger partial charge in [0, 0.05) is 22.8 Å². The van der Waals surface area contributed by atoms with E-state index in [2.05, 4.69) is 15.3 Å². The van der Waals surface area contributed by atoms with Gasteiger partial charge in [0.1, 0.15) is 5.82 Å². The first-order valence-corrected chi connectivity index (χ1v) is 8.78. The average Bonchev–Trinajstić information content (AvgIpc) is 2.58. The van der Waals surface area contributed by atoms with Crippen LogP contribution in [0.2, 0.25) is 5.02 Å². The Hall–Kier alpha value is -1.85. The summed E-state index contributed by atoms with van der Waals surface area (Å²) in [7, 11) is 0. The van der Waals surface area contributed by atoms with Gasteiger partial charge in [-0.1, -0.05) is 23.7 Å². The topological polar surface area (TPSA) is 84.1 Å². The van der Waals surface area contributed by atoms with E-state index in [-0.39, 0.29) is 12.1 Å². The predicted octanol–water partition coefficient (Wildman–Crippen LogP) is 3.21. The normalized spacial score (nSPS) is 20.8. The van der Waals surface area contributed by atoms with Gasteiger partial charge in [0.05, 0.1) is 6.10 Å². The van der Waals surface area contributed by atoms with E-state index in [9.17, 15) is 5.11 Å². The maximum Gasteiger partial charge on any atom is 0.221 e. The summed E-state index contributed by atoms with van der Waals surface area (Å²) in [6, 6.07) is 8.22. The Bertz CT molecular complexity index is 669. The molecular weight excluding hydrogens is 324 g/mol. The third-order valence-electron chi connectivity index (χ3n) is 4.52. The van der Waals surface area contributed by atoms with Crippen molar-refractivity contribution in [2.45, 2.75) is 50.7 Å². The van der Waals surface area contributed by atoms with Crippen LogP contribution < -0.4 is 11.1 Å². The molecule has 1 aromatic heterocycles. The van der Waals surface area contributed by atoms with E-state index in [0.29, 0.717) is 6.04 Å². The van der Waals surface area contributed by atoms with Crippen molar-refractivity contribution in [3.05, 3.63) is 46.6 Å². The van der Waals surface area contributed by atoms with Crippen LogP contribution in [0.25, 0.3) is 0 Å². The smallest absolute Gasteiger partial charge is 0.221 e. The monoisotopic (exact) mass is 346 g/mol. The Morgan fingerprint density at radius 1 is 1.12 bits per heavy atom. The molecule has 1 aromatic carbocycles. The lowest BCUT2D eigenvalue weighted by Gasteiger charge is -2.27. The summed E-state index contributed by atoms with van der Waals surface area (Å²) in [4.78, 5) is 8.52. The van der Waals surface area contributed by atoms with Crippen molar-refractivity contribution in [3.63, 3.8) is 0 Å². The molecule has 1 heterocycles. The van der Waals surface area contributed by atoms with E-state index in [0.717, 1.165) is 54.9 Å². The van der Waals surface area contributed by atoms with Crippen LogP contribution in [-0.2, 0) is 12.8 Å². The van der Waals surface area contributed by atoms with Gasteiger partial charge in [-0.3, -0.25) is 0 Å². The van der Waals surface area contributed by atoms with E-state index in [1.54, 1.807) is 6.20 Å². The molecule has 0 radical (unpaired) electrons. The molecule has 4 N–H and O–H groups in total. The van der Waals surface area contributed by atoms with Crippen molar-refractivity contribution in [3.8, 4) is 0 Å². The average molecular weight is 347 g/mol. The molecule has 0 bridgehead atoms. The van der Waals surface area contributed by atoms with Crippen molar-refractivity contribution in [1.29, 1.82) is 0 Å². The van der Waals surface area contributed by atoms with Crippen LogP contribution in [0.4, 0.5) is 11.8 Å². The minimum absolute atomic E-state index is 0.164. The van der Waals surface area contributed by atoms with Gasteiger partial charge in [0.25, 0.3) is 0 Å². The van der Waals surface area contributed by atoms with E-state index < -0.39 is 0 Å². The van der Waals surface area contributed by atoms with Crippen LogP contribution in [0, 0.1) is 0 Å². The summed E-state index contributed by atoms with van der Waals surface area (Å²) in [5.74, 6) is 1.10. The molecule has 5 nitrogen and oxygen atoms in total. The van der Waals surface area contributed by atoms with Gasteiger partial charge in [0.2, 0.25) is 5.95 Å². The van der Waals surface area contributed by atoms with Crippen LogP contribution in [-0.4, -0.2) is 27.2 Å². The summed E-state index contributed by atoms with van der Waals surface area (Å²) in [5.41, 5.74) is 8.05. The Labute approximate surface area is 147 Å². The number of nitrogens with zero attached hydrogens (tertiary/aromatic N) is 2. The second-order valence-electron chi connectivity index (χ2n) is 6.38. The van der Waals surface area contributed by atoms with Gasteiger partial charge in [0.15, 0.2) is 0 Å². The molecule has 0 aliphatic heterocycles. The lowest BCUT2D eigenvalue weighted by molar-refractivity contribution is 0.126. The number of aliphatic hydroxyl groups is 1. The summed E-state index contributed by atoms with van der Waals surface area (Å²) in [6.07, 6.45) is 6.92. The molecule has 1 fully saturated rings. The Kier molecular flexibility index (Phi) is 5.53. The van der Waals surface area contributed by atoms with Gasteiger partial charge in [-0.2, -0.15) is 4.98 Å². The first-order valence-electron chi connectivity index (χ1n) is 8.40. The molecule has 0 spiro atoms. The molecule has 1 aliphatic rings. The Morgan fingerprint density at radius 3 is 2.54 bits per heavy atom. The maximum absolute atomic E-state index is 9.64. The number of nitrogen functional groups attached to an aromatic ring is 1. The van der Waals surface area contributed by atoms with Crippen molar-refractivity contribution < 1.29 is 5.11 Å². The highest BCUT2D eigenvalue weighted by atomic mass is 35.5. The second-order valence-corrected chi connectivity index (χ2v) is 6.81. The van der Waals surface area contributed by atoms with Crippen molar-refractivity contribution in [2.24, 2.45) is 0 Å². The zero-order valence-corrected chi connectivity index (χ0v) is 14.3. The molecule has 1 aliphatic carbocycles. The quantitative estimate of drug-likeness (QED) is 0.774. The zero-order chi connectivity index (χ0) is 16.9. The second kappa shape index (κ2) is 7.81. The molecule has 128 valence electrons. The SMILES string of the molecule is Nc1ncc(CCc2ccc(Cl)cc2)c(NC2CCC(O)CC2)n1. The number of nitrogens with two attached hydrogens (primary N) is 1. The highest BCUT2D eigenvalue weighted by Crippen LogP contribution is 2.24. The van der Waals surface area contributed by atoms with E-state index in [1.165, 1.54) is 5.56 Å². The number of anilines is 2. The lowest BCUT2D eigenvalue weighted by Crippen LogP contribution is -2.29. The number of benzene rings is 1. The van der Waals surface area contributed by atoms with Crippen molar-refractivity contribution in [2.75, 3.05) is 11.1 Å². The molecule has 2 aromatic rings. The highest BCUT2D eigenvalue weighted by molar-refractivity contribution is 6.30. The van der Waals surface area contributed by atoms with Crippen LogP contribution in [0.5, 0.6) is 0 Å². The van der Waals surface area contributed by atoms with Crippen LogP contribution >= 0.6 is 11.6 Å². The number of nitrogens with one attached hydrogen (secondary N) is 1. The number of hydrogen-bond donors (Lipinski definition) is 3. The molecule has 6 heteroatoms. The third kappa shape index (κ3) is 4.58. The molecule has 0 amide bonds. The van der Waals surface area contributed by atoms with Gasteiger partial charge in [-0.25, -0.2) is 4.98 Å². The van der Waals surface area contributed by atoms with Crippen LogP contribution in [0.3, 0.4) is 0 Å². The molecule has 3 rings (SSSR count). The fourth-order valence-electron chi connectivity index (χ4n) is 3.07. The van der Waals surface area contributed by atoms with Gasteiger partial charge < -0.3 is 16.2 Å². The molecule has 0 atom stereocenters. The number of aryl methyl sites for hydroxylation is 2. The van der Waals surface area contributed by atoms with Gasteiger partial charge in [-0.15, -0.1) is 0 Å². The first kappa shape index (κ1) is 17.0. The minimum Gasteiger partial charge on any atom is -0.393 e. The largest absolute Gasteiger partial charge is 0.393 e. The third-order valence-corrected chi connectivity index (χ3v) is 4.77. The predicted molar refractivity (Wildman–Crippen MR) is 97.2 cm³/mol. The molecule has 1 saturated carbocycles. The number of hydrogen-bond acceptors (Lipinski definition) is 5. The van der Waals surface area contributed by atoms with Crippen molar-refractivity contribution in [1.82, 2.24) is 9.97 Å². The summed E-state index contributed by atoms with van der Waals surface area (Å²) in [5, 5.41) is 13.9. The van der Waals surface area contributed by atoms with Crippen molar-refractivity contribution >= 4 is 23.4 Å². The maximum atomic E-state index is 9.64. The minimum atomic E-state index is -0.164.